The molecule has 2 saturated heterocycles. The summed E-state index contributed by atoms with van der Waals surface area (Å²) < 4.78 is 0. The van der Waals surface area contributed by atoms with E-state index in [2.05, 4.69) is 29.4 Å². The summed E-state index contributed by atoms with van der Waals surface area (Å²) in [4.78, 5) is 29.2. The quantitative estimate of drug-likeness (QED) is 0.673. The van der Waals surface area contributed by atoms with Gasteiger partial charge in [0.1, 0.15) is 0 Å². The van der Waals surface area contributed by atoms with Crippen LogP contribution in [0.1, 0.15) is 43.7 Å². The van der Waals surface area contributed by atoms with Crippen LogP contribution in [0.5, 0.6) is 0 Å². The number of rotatable bonds is 7. The summed E-state index contributed by atoms with van der Waals surface area (Å²) in [5.74, 6) is -0.169. The Morgan fingerprint density at radius 3 is 2.34 bits per heavy atom. The van der Waals surface area contributed by atoms with Gasteiger partial charge >= 0.3 is 0 Å². The highest BCUT2D eigenvalue weighted by atomic mass is 35.5. The third-order valence-electron chi connectivity index (χ3n) is 7.06. The van der Waals surface area contributed by atoms with Crippen LogP contribution in [0.25, 0.3) is 0 Å². The molecule has 32 heavy (non-hydrogen) atoms. The number of hydrazine groups is 1. The molecule has 2 heterocycles. The van der Waals surface area contributed by atoms with Crippen molar-refractivity contribution < 1.29 is 9.59 Å². The van der Waals surface area contributed by atoms with Gasteiger partial charge in [0.25, 0.3) is 0 Å². The van der Waals surface area contributed by atoms with Crippen molar-refractivity contribution in [3.05, 3.63) is 70.7 Å². The molecule has 170 valence electrons. The smallest absolute Gasteiger partial charge is 0.245 e. The van der Waals surface area contributed by atoms with E-state index in [4.69, 9.17) is 11.6 Å². The summed E-state index contributed by atoms with van der Waals surface area (Å²) in [5.41, 5.74) is 4.65. The minimum Gasteiger partial charge on any atom is -0.303 e. The Morgan fingerprint density at radius 2 is 1.69 bits per heavy atom. The fourth-order valence-corrected chi connectivity index (χ4v) is 5.26. The largest absolute Gasteiger partial charge is 0.303 e. The first-order chi connectivity index (χ1) is 15.5. The third kappa shape index (κ3) is 4.84. The van der Waals surface area contributed by atoms with Crippen molar-refractivity contribution in [1.29, 1.82) is 0 Å². The molecule has 2 aromatic rings. The number of amides is 2. The average Bonchev–Trinajstić information content (AvgIpc) is 2.81. The third-order valence-corrected chi connectivity index (χ3v) is 7.31. The number of hydrogen-bond acceptors (Lipinski definition) is 3. The maximum atomic E-state index is 13.4. The lowest BCUT2D eigenvalue weighted by molar-refractivity contribution is -0.170. The minimum absolute atomic E-state index is 0.0174. The van der Waals surface area contributed by atoms with E-state index < -0.39 is 5.41 Å². The first kappa shape index (κ1) is 22.8. The molecular formula is C26H32ClN3O2. The highest BCUT2D eigenvalue weighted by Gasteiger charge is 2.54. The van der Waals surface area contributed by atoms with Gasteiger partial charge in [-0.25, -0.2) is 5.01 Å². The first-order valence-electron chi connectivity index (χ1n) is 11.6. The molecule has 1 spiro atoms. The fraction of sp³-hybridized carbons (Fsp3) is 0.462. The number of likely N-dealkylation sites (tertiary alicyclic amines) is 1. The van der Waals surface area contributed by atoms with Gasteiger partial charge in [-0.3, -0.25) is 15.0 Å². The zero-order chi connectivity index (χ0) is 22.6. The van der Waals surface area contributed by atoms with Gasteiger partial charge in [-0.05, 0) is 62.0 Å². The lowest BCUT2D eigenvalue weighted by Gasteiger charge is -2.49. The maximum absolute atomic E-state index is 13.4. The second-order valence-corrected chi connectivity index (χ2v) is 9.50. The van der Waals surface area contributed by atoms with E-state index in [-0.39, 0.29) is 17.7 Å². The van der Waals surface area contributed by atoms with E-state index in [9.17, 15) is 9.59 Å². The standard InChI is InChI=1S/C26H32ClN3O2/c1-2-6-23-24(31)30(19-21-7-4-3-5-8-21)28-25(32)26(23)14-17-29(18-15-26)16-13-20-9-11-22(27)12-10-20/h3-5,7-12,23H,2,6,13-19H2,1H3,(H,28,32). The first-order valence-corrected chi connectivity index (χ1v) is 12.0. The summed E-state index contributed by atoms with van der Waals surface area (Å²) in [6.45, 7) is 5.14. The zero-order valence-electron chi connectivity index (χ0n) is 18.7. The Hall–Kier alpha value is -2.37. The van der Waals surface area contributed by atoms with Crippen molar-refractivity contribution in [2.24, 2.45) is 11.3 Å². The molecule has 2 aliphatic rings. The Kier molecular flexibility index (Phi) is 7.17. The molecule has 2 amide bonds. The number of piperidine rings is 1. The van der Waals surface area contributed by atoms with Gasteiger partial charge < -0.3 is 4.90 Å². The van der Waals surface area contributed by atoms with Crippen LogP contribution in [0.4, 0.5) is 0 Å². The maximum Gasteiger partial charge on any atom is 0.245 e. The highest BCUT2D eigenvalue weighted by Crippen LogP contribution is 2.44. The molecule has 2 fully saturated rings. The number of hydrogen-bond donors (Lipinski definition) is 1. The summed E-state index contributed by atoms with van der Waals surface area (Å²) >= 11 is 5.98. The Balaban J connectivity index is 1.41. The fourth-order valence-electron chi connectivity index (χ4n) is 5.13. The van der Waals surface area contributed by atoms with E-state index in [1.807, 2.05) is 42.5 Å². The van der Waals surface area contributed by atoms with E-state index in [0.29, 0.717) is 6.54 Å². The van der Waals surface area contributed by atoms with Gasteiger partial charge in [0.15, 0.2) is 0 Å². The van der Waals surface area contributed by atoms with Crippen LogP contribution in [0.2, 0.25) is 5.02 Å². The zero-order valence-corrected chi connectivity index (χ0v) is 19.5. The van der Waals surface area contributed by atoms with Crippen molar-refractivity contribution >= 4 is 23.4 Å². The predicted molar refractivity (Wildman–Crippen MR) is 127 cm³/mol. The topological polar surface area (TPSA) is 52.7 Å². The van der Waals surface area contributed by atoms with Crippen molar-refractivity contribution in [2.75, 3.05) is 19.6 Å². The number of carbonyl (C=O) groups excluding carboxylic acids is 2. The van der Waals surface area contributed by atoms with E-state index in [1.165, 1.54) is 10.6 Å². The van der Waals surface area contributed by atoms with Crippen LogP contribution in [0.15, 0.2) is 54.6 Å². The second kappa shape index (κ2) is 10.1. The molecule has 0 radical (unpaired) electrons. The number of nitrogens with one attached hydrogen (secondary N) is 1. The molecule has 1 unspecified atom stereocenters. The van der Waals surface area contributed by atoms with Crippen molar-refractivity contribution in [3.8, 4) is 0 Å². The van der Waals surface area contributed by atoms with Crippen LogP contribution < -0.4 is 5.43 Å². The second-order valence-electron chi connectivity index (χ2n) is 9.07. The molecule has 2 aliphatic heterocycles. The van der Waals surface area contributed by atoms with Crippen LogP contribution in [0.3, 0.4) is 0 Å². The lowest BCUT2D eigenvalue weighted by Crippen LogP contribution is -2.65. The molecule has 4 rings (SSSR count). The summed E-state index contributed by atoms with van der Waals surface area (Å²) in [5, 5.41) is 2.29. The van der Waals surface area contributed by atoms with Crippen molar-refractivity contribution in [2.45, 2.75) is 45.6 Å². The molecule has 1 N–H and O–H groups in total. The molecule has 6 heteroatoms. The highest BCUT2D eigenvalue weighted by molar-refractivity contribution is 6.30. The van der Waals surface area contributed by atoms with E-state index in [0.717, 1.165) is 62.3 Å². The number of benzene rings is 2. The summed E-state index contributed by atoms with van der Waals surface area (Å²) in [6.07, 6.45) is 4.07. The van der Waals surface area contributed by atoms with Gasteiger partial charge in [-0.2, -0.15) is 0 Å². The number of halogens is 1. The molecule has 0 aromatic heterocycles. The Morgan fingerprint density at radius 1 is 1.00 bits per heavy atom. The monoisotopic (exact) mass is 453 g/mol. The van der Waals surface area contributed by atoms with E-state index in [1.54, 1.807) is 0 Å². The molecule has 0 bridgehead atoms. The predicted octanol–water partition coefficient (Wildman–Crippen LogP) is 4.45. The normalized spacial score (nSPS) is 21.1. The minimum atomic E-state index is -0.586. The van der Waals surface area contributed by atoms with Gasteiger partial charge in [0, 0.05) is 11.6 Å². The van der Waals surface area contributed by atoms with Gasteiger partial charge in [-0.1, -0.05) is 67.4 Å². The van der Waals surface area contributed by atoms with Gasteiger partial charge in [0.2, 0.25) is 11.8 Å². The molecule has 0 saturated carbocycles. The Labute approximate surface area is 195 Å². The SMILES string of the molecule is CCCC1C(=O)N(Cc2ccccc2)NC(=O)C12CCN(CCc1ccc(Cl)cc1)CC2. The molecule has 5 nitrogen and oxygen atoms in total. The van der Waals surface area contributed by atoms with Crippen molar-refractivity contribution in [3.63, 3.8) is 0 Å². The van der Waals surface area contributed by atoms with Gasteiger partial charge in [-0.15, -0.1) is 0 Å². The Bertz CT molecular complexity index is 924. The molecule has 2 aromatic carbocycles. The lowest BCUT2D eigenvalue weighted by atomic mass is 9.65. The molecule has 1 atom stereocenters. The summed E-state index contributed by atoms with van der Waals surface area (Å²) in [6, 6.07) is 17.8. The van der Waals surface area contributed by atoms with Crippen molar-refractivity contribution in [1.82, 2.24) is 15.3 Å². The van der Waals surface area contributed by atoms with Crippen LogP contribution in [0, 0.1) is 11.3 Å². The van der Waals surface area contributed by atoms with Crippen LogP contribution in [-0.2, 0) is 22.6 Å². The van der Waals surface area contributed by atoms with Gasteiger partial charge in [0.05, 0.1) is 17.9 Å². The number of carbonyl (C=O) groups is 2. The molecular weight excluding hydrogens is 422 g/mol. The number of nitrogens with zero attached hydrogens (tertiary/aromatic N) is 2. The summed E-state index contributed by atoms with van der Waals surface area (Å²) in [7, 11) is 0. The molecule has 0 aliphatic carbocycles. The van der Waals surface area contributed by atoms with E-state index >= 15 is 0 Å². The average molecular weight is 454 g/mol. The van der Waals surface area contributed by atoms with Crippen LogP contribution in [-0.4, -0.2) is 41.4 Å². The van der Waals surface area contributed by atoms with Crippen LogP contribution >= 0.6 is 11.6 Å².